The molecule has 0 aliphatic rings. The molecule has 0 saturated heterocycles. The van der Waals surface area contributed by atoms with Crippen LogP contribution in [0.4, 0.5) is 0 Å². The van der Waals surface area contributed by atoms with Crippen LogP contribution < -0.4 is 0 Å². The van der Waals surface area contributed by atoms with E-state index in [0.717, 1.165) is 11.3 Å². The van der Waals surface area contributed by atoms with Crippen molar-refractivity contribution in [3.63, 3.8) is 0 Å². The highest BCUT2D eigenvalue weighted by atomic mass is 32.1. The van der Waals surface area contributed by atoms with Crippen LogP contribution in [0.5, 0.6) is 0 Å². The fourth-order valence-corrected chi connectivity index (χ4v) is 0.821. The Morgan fingerprint density at radius 1 is 1.36 bits per heavy atom. The lowest BCUT2D eigenvalue weighted by Crippen LogP contribution is -1.90. The van der Waals surface area contributed by atoms with Crippen LogP contribution in [0.15, 0.2) is 18.7 Å². The quantitative estimate of drug-likeness (QED) is 0.577. The first kappa shape index (κ1) is 8.00. The zero-order chi connectivity index (χ0) is 6.97. The van der Waals surface area contributed by atoms with Crippen LogP contribution in [0, 0.1) is 6.92 Å². The van der Waals surface area contributed by atoms with Crippen LogP contribution in [0.1, 0.15) is 5.69 Å². The second kappa shape index (κ2) is 2.87. The van der Waals surface area contributed by atoms with Crippen LogP contribution in [0.25, 0.3) is 5.65 Å². The summed E-state index contributed by atoms with van der Waals surface area (Å²) in [5, 5.41) is 3.95. The zero-order valence-corrected chi connectivity index (χ0v) is 7.02. The van der Waals surface area contributed by atoms with Gasteiger partial charge in [0.25, 0.3) is 0 Å². The summed E-state index contributed by atoms with van der Waals surface area (Å²) in [4.78, 5) is 8.01. The maximum Gasteiger partial charge on any atom is 0.173 e. The number of nitrogens with zero attached hydrogens (tertiary/aromatic N) is 4. The van der Waals surface area contributed by atoms with Gasteiger partial charge < -0.3 is 0 Å². The Morgan fingerprint density at radius 2 is 2.18 bits per heavy atom. The minimum atomic E-state index is 0. The predicted octanol–water partition coefficient (Wildman–Crippen LogP) is 0.546. The average molecular weight is 168 g/mol. The summed E-state index contributed by atoms with van der Waals surface area (Å²) >= 11 is 0. The summed E-state index contributed by atoms with van der Waals surface area (Å²) in [7, 11) is 0. The van der Waals surface area contributed by atoms with E-state index in [1.807, 2.05) is 13.1 Å². The van der Waals surface area contributed by atoms with E-state index in [-0.39, 0.29) is 13.5 Å². The molecule has 0 radical (unpaired) electrons. The van der Waals surface area contributed by atoms with Gasteiger partial charge in [-0.25, -0.2) is 9.50 Å². The van der Waals surface area contributed by atoms with Gasteiger partial charge in [-0.05, 0) is 6.92 Å². The number of fused-ring (bicyclic) bond motifs is 1. The van der Waals surface area contributed by atoms with E-state index >= 15 is 0 Å². The molecule has 0 N–H and O–H groups in total. The van der Waals surface area contributed by atoms with Crippen molar-refractivity contribution in [2.75, 3.05) is 0 Å². The fraction of sp³-hybridized carbons (Fsp3) is 0.167. The number of aromatic nitrogens is 4. The highest BCUT2D eigenvalue weighted by Gasteiger charge is 1.92. The van der Waals surface area contributed by atoms with Crippen molar-refractivity contribution in [3.05, 3.63) is 24.4 Å². The third-order valence-electron chi connectivity index (χ3n) is 1.29. The molecule has 0 unspecified atom stereocenters. The largest absolute Gasteiger partial charge is 0.256 e. The monoisotopic (exact) mass is 168 g/mol. The summed E-state index contributed by atoms with van der Waals surface area (Å²) in [5.74, 6) is 0. The second-order valence-corrected chi connectivity index (χ2v) is 2.09. The van der Waals surface area contributed by atoms with Crippen molar-refractivity contribution in [1.29, 1.82) is 0 Å². The first-order chi connectivity index (χ1) is 4.86. The molecule has 2 aromatic heterocycles. The molecule has 58 valence electrons. The van der Waals surface area contributed by atoms with Crippen molar-refractivity contribution >= 4 is 19.1 Å². The molecule has 0 atom stereocenters. The van der Waals surface area contributed by atoms with E-state index in [9.17, 15) is 0 Å². The van der Waals surface area contributed by atoms with Crippen LogP contribution in [0.3, 0.4) is 0 Å². The molecule has 11 heavy (non-hydrogen) atoms. The van der Waals surface area contributed by atoms with Crippen molar-refractivity contribution < 1.29 is 0 Å². The van der Waals surface area contributed by atoms with E-state index in [1.54, 1.807) is 10.7 Å². The first-order valence-electron chi connectivity index (χ1n) is 2.98. The molecule has 2 rings (SSSR count). The molecule has 0 bridgehead atoms. The Morgan fingerprint density at radius 3 is 3.00 bits per heavy atom. The second-order valence-electron chi connectivity index (χ2n) is 2.09. The maximum atomic E-state index is 4.06. The van der Waals surface area contributed by atoms with Crippen LogP contribution in [-0.2, 0) is 0 Å². The Hall–Kier alpha value is -1.10. The van der Waals surface area contributed by atoms with Crippen molar-refractivity contribution in [2.24, 2.45) is 0 Å². The number of hydrogen-bond acceptors (Lipinski definition) is 3. The lowest BCUT2D eigenvalue weighted by atomic mass is 10.5. The molecule has 0 amide bonds. The summed E-state index contributed by atoms with van der Waals surface area (Å²) in [6.07, 6.45) is 5.04. The molecular weight excluding hydrogens is 160 g/mol. The van der Waals surface area contributed by atoms with Crippen molar-refractivity contribution in [2.45, 2.75) is 6.92 Å². The Bertz CT molecular complexity index is 356. The van der Waals surface area contributed by atoms with Gasteiger partial charge in [-0.2, -0.15) is 18.6 Å². The van der Waals surface area contributed by atoms with Crippen LogP contribution in [-0.4, -0.2) is 19.6 Å². The van der Waals surface area contributed by atoms with E-state index in [2.05, 4.69) is 15.1 Å². The molecule has 0 saturated carbocycles. The third kappa shape index (κ3) is 1.32. The predicted molar refractivity (Wildman–Crippen MR) is 45.9 cm³/mol. The number of rotatable bonds is 0. The Balaban J connectivity index is 0.000000605. The van der Waals surface area contributed by atoms with Crippen molar-refractivity contribution in [1.82, 2.24) is 19.6 Å². The molecule has 0 aliphatic heterocycles. The minimum Gasteiger partial charge on any atom is -0.256 e. The van der Waals surface area contributed by atoms with Gasteiger partial charge in [0.2, 0.25) is 0 Å². The van der Waals surface area contributed by atoms with Gasteiger partial charge >= 0.3 is 0 Å². The SMILES string of the molecule is Cc1cn2ncnc2cn1.S. The summed E-state index contributed by atoms with van der Waals surface area (Å²) in [6.45, 7) is 1.92. The summed E-state index contributed by atoms with van der Waals surface area (Å²) < 4.78 is 1.70. The van der Waals surface area contributed by atoms with Gasteiger partial charge in [0.05, 0.1) is 18.1 Å². The Labute approximate surface area is 70.7 Å². The minimum absolute atomic E-state index is 0. The molecule has 2 heterocycles. The molecule has 2 aromatic rings. The number of hydrogen-bond donors (Lipinski definition) is 0. The van der Waals surface area contributed by atoms with E-state index in [1.165, 1.54) is 6.33 Å². The lowest BCUT2D eigenvalue weighted by Gasteiger charge is -1.90. The van der Waals surface area contributed by atoms with Crippen LogP contribution in [0.2, 0.25) is 0 Å². The molecular formula is C6H8N4S. The van der Waals surface area contributed by atoms with Gasteiger partial charge in [0, 0.05) is 0 Å². The van der Waals surface area contributed by atoms with Gasteiger partial charge in [0.1, 0.15) is 6.33 Å². The lowest BCUT2D eigenvalue weighted by molar-refractivity contribution is 0.928. The van der Waals surface area contributed by atoms with Crippen LogP contribution >= 0.6 is 13.5 Å². The molecule has 0 aromatic carbocycles. The van der Waals surface area contributed by atoms with Gasteiger partial charge in [-0.3, -0.25) is 4.98 Å². The van der Waals surface area contributed by atoms with Crippen molar-refractivity contribution in [3.8, 4) is 0 Å². The molecule has 0 spiro atoms. The standard InChI is InChI=1S/C6H6N4.H2S/c1-5-3-10-6(2-7-5)8-4-9-10;/h2-4H,1H3;1H2. The average Bonchev–Trinajstić information content (AvgIpc) is 2.33. The summed E-state index contributed by atoms with van der Waals surface area (Å²) in [6, 6.07) is 0. The topological polar surface area (TPSA) is 43.1 Å². The fourth-order valence-electron chi connectivity index (χ4n) is 0.821. The smallest absolute Gasteiger partial charge is 0.173 e. The zero-order valence-electron chi connectivity index (χ0n) is 6.02. The molecule has 0 fully saturated rings. The van der Waals surface area contributed by atoms with E-state index < -0.39 is 0 Å². The number of aryl methyl sites for hydroxylation is 1. The molecule has 4 nitrogen and oxygen atoms in total. The van der Waals surface area contributed by atoms with E-state index in [4.69, 9.17) is 0 Å². The Kier molecular flexibility index (Phi) is 2.09. The molecule has 5 heteroatoms. The highest BCUT2D eigenvalue weighted by Crippen LogP contribution is 1.95. The maximum absolute atomic E-state index is 4.06. The first-order valence-corrected chi connectivity index (χ1v) is 2.98. The van der Waals surface area contributed by atoms with Gasteiger partial charge in [-0.1, -0.05) is 0 Å². The normalized spacial score (nSPS) is 9.55. The summed E-state index contributed by atoms with van der Waals surface area (Å²) in [5.41, 5.74) is 1.73. The van der Waals surface area contributed by atoms with E-state index in [0.29, 0.717) is 0 Å². The van der Waals surface area contributed by atoms with Gasteiger partial charge in [-0.15, -0.1) is 0 Å². The highest BCUT2D eigenvalue weighted by molar-refractivity contribution is 7.59. The molecule has 0 aliphatic carbocycles. The third-order valence-corrected chi connectivity index (χ3v) is 1.29. The van der Waals surface area contributed by atoms with Gasteiger partial charge in [0.15, 0.2) is 5.65 Å².